The van der Waals surface area contributed by atoms with Gasteiger partial charge in [-0.1, -0.05) is 0 Å². The number of nitrogens with one attached hydrogen (secondary N) is 1. The van der Waals surface area contributed by atoms with Gasteiger partial charge in [0.2, 0.25) is 0 Å². The third kappa shape index (κ3) is 3.06. The third-order valence-corrected chi connectivity index (χ3v) is 2.48. The Labute approximate surface area is 96.8 Å². The molecule has 1 aromatic heterocycles. The van der Waals surface area contributed by atoms with Gasteiger partial charge in [-0.25, -0.2) is 9.97 Å². The van der Waals surface area contributed by atoms with Gasteiger partial charge in [0.25, 0.3) is 0 Å². The summed E-state index contributed by atoms with van der Waals surface area (Å²) in [5.41, 5.74) is 0. The van der Waals surface area contributed by atoms with Gasteiger partial charge in [-0.2, -0.15) is 0 Å². The van der Waals surface area contributed by atoms with Crippen molar-refractivity contribution < 1.29 is 4.74 Å². The Balaban J connectivity index is 2.85. The predicted molar refractivity (Wildman–Crippen MR) is 65.9 cm³/mol. The molecular formula is C11H20N4O. The van der Waals surface area contributed by atoms with Gasteiger partial charge in [0.1, 0.15) is 18.0 Å². The average molecular weight is 224 g/mol. The molecule has 0 aliphatic heterocycles. The molecule has 90 valence electrons. The van der Waals surface area contributed by atoms with Crippen molar-refractivity contribution in [2.75, 3.05) is 37.5 Å². The zero-order valence-electron chi connectivity index (χ0n) is 10.4. The first-order valence-corrected chi connectivity index (χ1v) is 5.48. The Hall–Kier alpha value is -1.36. The zero-order chi connectivity index (χ0) is 12.0. The fraction of sp³-hybridized carbons (Fsp3) is 0.636. The number of rotatable bonds is 6. The molecule has 0 amide bonds. The summed E-state index contributed by atoms with van der Waals surface area (Å²) in [6.07, 6.45) is 1.57. The molecule has 1 heterocycles. The summed E-state index contributed by atoms with van der Waals surface area (Å²) in [6.45, 7) is 5.80. The van der Waals surface area contributed by atoms with Crippen molar-refractivity contribution in [3.8, 4) is 0 Å². The highest BCUT2D eigenvalue weighted by atomic mass is 16.5. The first kappa shape index (κ1) is 12.7. The van der Waals surface area contributed by atoms with Gasteiger partial charge >= 0.3 is 0 Å². The van der Waals surface area contributed by atoms with Crippen LogP contribution in [-0.4, -0.2) is 43.3 Å². The second kappa shape index (κ2) is 6.27. The van der Waals surface area contributed by atoms with Crippen molar-refractivity contribution in [2.45, 2.75) is 19.9 Å². The second-order valence-corrected chi connectivity index (χ2v) is 3.60. The van der Waals surface area contributed by atoms with Gasteiger partial charge in [-0.3, -0.25) is 0 Å². The summed E-state index contributed by atoms with van der Waals surface area (Å²) >= 11 is 0. The number of hydrogen-bond acceptors (Lipinski definition) is 5. The summed E-state index contributed by atoms with van der Waals surface area (Å²) in [6, 6.07) is 2.24. The van der Waals surface area contributed by atoms with Gasteiger partial charge in [0.15, 0.2) is 0 Å². The van der Waals surface area contributed by atoms with E-state index in [1.165, 1.54) is 0 Å². The number of methoxy groups -OCH3 is 1. The minimum atomic E-state index is 0.301. The van der Waals surface area contributed by atoms with Gasteiger partial charge in [0, 0.05) is 26.8 Å². The largest absolute Gasteiger partial charge is 0.383 e. The van der Waals surface area contributed by atoms with Crippen molar-refractivity contribution in [2.24, 2.45) is 0 Å². The summed E-state index contributed by atoms with van der Waals surface area (Å²) in [7, 11) is 3.56. The third-order valence-electron chi connectivity index (χ3n) is 2.48. The molecule has 5 heteroatoms. The normalized spacial score (nSPS) is 12.2. The fourth-order valence-corrected chi connectivity index (χ4v) is 1.67. The fourth-order valence-electron chi connectivity index (χ4n) is 1.67. The summed E-state index contributed by atoms with van der Waals surface area (Å²) < 4.78 is 5.16. The van der Waals surface area contributed by atoms with E-state index in [-0.39, 0.29) is 0 Å². The minimum Gasteiger partial charge on any atom is -0.383 e. The summed E-state index contributed by atoms with van der Waals surface area (Å²) in [4.78, 5) is 10.6. The lowest BCUT2D eigenvalue weighted by Crippen LogP contribution is -2.36. The van der Waals surface area contributed by atoms with Gasteiger partial charge in [-0.05, 0) is 13.8 Å². The molecule has 1 atom stereocenters. The van der Waals surface area contributed by atoms with E-state index in [9.17, 15) is 0 Å². The van der Waals surface area contributed by atoms with Crippen LogP contribution >= 0.6 is 0 Å². The van der Waals surface area contributed by atoms with Gasteiger partial charge < -0.3 is 15.0 Å². The SMILES string of the molecule is CCN(c1cc(NC)ncn1)C(C)COC. The molecule has 0 radical (unpaired) electrons. The van der Waals surface area contributed by atoms with Crippen molar-refractivity contribution in [1.29, 1.82) is 0 Å². The van der Waals surface area contributed by atoms with E-state index < -0.39 is 0 Å². The molecule has 0 spiro atoms. The average Bonchev–Trinajstić information content (AvgIpc) is 2.31. The number of nitrogens with zero attached hydrogens (tertiary/aromatic N) is 3. The highest BCUT2D eigenvalue weighted by Gasteiger charge is 2.14. The molecule has 0 aromatic carbocycles. The lowest BCUT2D eigenvalue weighted by molar-refractivity contribution is 0.181. The molecule has 0 aliphatic carbocycles. The van der Waals surface area contributed by atoms with Crippen molar-refractivity contribution >= 4 is 11.6 Å². The smallest absolute Gasteiger partial charge is 0.134 e. The molecule has 0 saturated heterocycles. The summed E-state index contributed by atoms with van der Waals surface area (Å²) in [5, 5.41) is 3.01. The van der Waals surface area contributed by atoms with E-state index in [2.05, 4.69) is 34.0 Å². The van der Waals surface area contributed by atoms with Crippen LogP contribution in [0.2, 0.25) is 0 Å². The van der Waals surface area contributed by atoms with Crippen LogP contribution in [0.1, 0.15) is 13.8 Å². The molecule has 0 fully saturated rings. The zero-order valence-corrected chi connectivity index (χ0v) is 10.4. The number of ether oxygens (including phenoxy) is 1. The quantitative estimate of drug-likeness (QED) is 0.791. The van der Waals surface area contributed by atoms with E-state index in [1.807, 2.05) is 13.1 Å². The van der Waals surface area contributed by atoms with E-state index in [0.29, 0.717) is 12.6 Å². The van der Waals surface area contributed by atoms with E-state index in [4.69, 9.17) is 4.74 Å². The van der Waals surface area contributed by atoms with Crippen LogP contribution in [0.4, 0.5) is 11.6 Å². The second-order valence-electron chi connectivity index (χ2n) is 3.60. The van der Waals surface area contributed by atoms with Crippen LogP contribution < -0.4 is 10.2 Å². The highest BCUT2D eigenvalue weighted by molar-refractivity contribution is 5.48. The van der Waals surface area contributed by atoms with E-state index in [0.717, 1.165) is 18.2 Å². The molecule has 0 saturated carbocycles. The monoisotopic (exact) mass is 224 g/mol. The Morgan fingerprint density at radius 2 is 2.25 bits per heavy atom. The van der Waals surface area contributed by atoms with Gasteiger partial charge in [0.05, 0.1) is 12.6 Å². The molecule has 0 aliphatic rings. The predicted octanol–water partition coefficient (Wildman–Crippen LogP) is 1.38. The maximum atomic E-state index is 5.16. The molecule has 1 rings (SSSR count). The van der Waals surface area contributed by atoms with Crippen molar-refractivity contribution in [3.63, 3.8) is 0 Å². The Kier molecular flexibility index (Phi) is 4.98. The topological polar surface area (TPSA) is 50.3 Å². The first-order chi connectivity index (χ1) is 7.72. The van der Waals surface area contributed by atoms with Crippen LogP contribution in [0.3, 0.4) is 0 Å². The van der Waals surface area contributed by atoms with Crippen LogP contribution in [0.15, 0.2) is 12.4 Å². The Bertz CT molecular complexity index is 319. The maximum absolute atomic E-state index is 5.16. The van der Waals surface area contributed by atoms with Crippen molar-refractivity contribution in [1.82, 2.24) is 9.97 Å². The molecule has 1 unspecified atom stereocenters. The van der Waals surface area contributed by atoms with E-state index >= 15 is 0 Å². The molecule has 1 N–H and O–H groups in total. The van der Waals surface area contributed by atoms with Crippen LogP contribution in [0.25, 0.3) is 0 Å². The molecule has 0 bridgehead atoms. The molecule has 16 heavy (non-hydrogen) atoms. The minimum absolute atomic E-state index is 0.301. The Morgan fingerprint density at radius 1 is 1.50 bits per heavy atom. The number of anilines is 2. The van der Waals surface area contributed by atoms with Crippen LogP contribution in [0.5, 0.6) is 0 Å². The highest BCUT2D eigenvalue weighted by Crippen LogP contribution is 2.16. The summed E-state index contributed by atoms with van der Waals surface area (Å²) in [5.74, 6) is 1.75. The maximum Gasteiger partial charge on any atom is 0.134 e. The lowest BCUT2D eigenvalue weighted by Gasteiger charge is -2.28. The first-order valence-electron chi connectivity index (χ1n) is 5.48. The van der Waals surface area contributed by atoms with Gasteiger partial charge in [-0.15, -0.1) is 0 Å². The molecule has 5 nitrogen and oxygen atoms in total. The Morgan fingerprint density at radius 3 is 2.81 bits per heavy atom. The standard InChI is InChI=1S/C11H20N4O/c1-5-15(9(2)7-16-4)11-6-10(12-3)13-8-14-11/h6,8-9H,5,7H2,1-4H3,(H,12,13,14). The molecule has 1 aromatic rings. The molecular weight excluding hydrogens is 204 g/mol. The number of likely N-dealkylation sites (N-methyl/N-ethyl adjacent to an activating group) is 1. The van der Waals surface area contributed by atoms with Crippen LogP contribution in [0, 0.1) is 0 Å². The number of aromatic nitrogens is 2. The van der Waals surface area contributed by atoms with E-state index in [1.54, 1.807) is 13.4 Å². The number of hydrogen-bond donors (Lipinski definition) is 1. The van der Waals surface area contributed by atoms with Crippen molar-refractivity contribution in [3.05, 3.63) is 12.4 Å². The lowest BCUT2D eigenvalue weighted by atomic mass is 10.3. The van der Waals surface area contributed by atoms with Crippen LogP contribution in [-0.2, 0) is 4.74 Å².